The Morgan fingerprint density at radius 2 is 1.89 bits per heavy atom. The topological polar surface area (TPSA) is 64.7 Å². The van der Waals surface area contributed by atoms with Crippen LogP contribution in [0, 0.1) is 0 Å². The third-order valence-electron chi connectivity index (χ3n) is 4.59. The summed E-state index contributed by atoms with van der Waals surface area (Å²) in [5, 5.41) is 0. The van der Waals surface area contributed by atoms with Gasteiger partial charge in [0, 0.05) is 29.6 Å². The molecule has 0 bridgehead atoms. The first-order chi connectivity index (χ1) is 9.31. The van der Waals surface area contributed by atoms with E-state index in [1.54, 1.807) is 0 Å². The number of aromatic nitrogens is 3. The van der Waals surface area contributed by atoms with Gasteiger partial charge in [0.1, 0.15) is 0 Å². The summed E-state index contributed by atoms with van der Waals surface area (Å²) < 4.78 is 0. The zero-order chi connectivity index (χ0) is 12.9. The molecule has 96 valence electrons. The Hall–Kier alpha value is -1.97. The molecule has 1 fully saturated rings. The van der Waals surface area contributed by atoms with Crippen LogP contribution in [0.2, 0.25) is 0 Å². The molecule has 4 heteroatoms. The molecule has 2 aromatic heterocycles. The van der Waals surface area contributed by atoms with Gasteiger partial charge in [-0.25, -0.2) is 9.97 Å². The minimum atomic E-state index is 0.0359. The fourth-order valence-corrected chi connectivity index (χ4v) is 3.76. The number of rotatable bonds is 0. The van der Waals surface area contributed by atoms with Crippen LogP contribution in [0.1, 0.15) is 43.4 Å². The second-order valence-electron chi connectivity index (χ2n) is 5.55. The van der Waals surface area contributed by atoms with E-state index in [-0.39, 0.29) is 5.41 Å². The quantitative estimate of drug-likeness (QED) is 0.783. The number of nitrogen functional groups attached to an aromatic ring is 1. The van der Waals surface area contributed by atoms with Gasteiger partial charge in [-0.2, -0.15) is 0 Å². The summed E-state index contributed by atoms with van der Waals surface area (Å²) >= 11 is 0. The van der Waals surface area contributed by atoms with Gasteiger partial charge >= 0.3 is 0 Å². The van der Waals surface area contributed by atoms with Gasteiger partial charge in [0.25, 0.3) is 0 Å². The van der Waals surface area contributed by atoms with E-state index in [2.05, 4.69) is 21.0 Å². The highest BCUT2D eigenvalue weighted by Gasteiger charge is 2.45. The van der Waals surface area contributed by atoms with E-state index >= 15 is 0 Å². The molecule has 2 aliphatic carbocycles. The summed E-state index contributed by atoms with van der Waals surface area (Å²) in [5.41, 5.74) is 10.7. The van der Waals surface area contributed by atoms with Gasteiger partial charge in [-0.15, -0.1) is 0 Å². The van der Waals surface area contributed by atoms with Crippen LogP contribution in [-0.4, -0.2) is 15.0 Å². The molecule has 2 aliphatic rings. The number of pyridine rings is 1. The summed E-state index contributed by atoms with van der Waals surface area (Å²) in [6, 6.07) is 2.08. The third-order valence-corrected chi connectivity index (χ3v) is 4.59. The number of hydrogen-bond donors (Lipinski definition) is 1. The lowest BCUT2D eigenvalue weighted by molar-refractivity contribution is 0.345. The second-order valence-corrected chi connectivity index (χ2v) is 5.55. The highest BCUT2D eigenvalue weighted by Crippen LogP contribution is 2.54. The van der Waals surface area contributed by atoms with Crippen LogP contribution < -0.4 is 5.73 Å². The van der Waals surface area contributed by atoms with E-state index in [0.717, 1.165) is 24.1 Å². The van der Waals surface area contributed by atoms with Gasteiger partial charge in [-0.3, -0.25) is 4.98 Å². The van der Waals surface area contributed by atoms with Gasteiger partial charge in [-0.05, 0) is 30.0 Å². The SMILES string of the molecule is Nc1ncc2c(n1)C1(CCCCC1)c1cnccc1-2. The van der Waals surface area contributed by atoms with Crippen molar-refractivity contribution in [3.8, 4) is 11.1 Å². The maximum atomic E-state index is 5.82. The van der Waals surface area contributed by atoms with Crippen LogP contribution >= 0.6 is 0 Å². The number of anilines is 1. The van der Waals surface area contributed by atoms with Crippen LogP contribution in [0.15, 0.2) is 24.7 Å². The molecule has 0 saturated heterocycles. The van der Waals surface area contributed by atoms with E-state index in [1.165, 1.54) is 30.4 Å². The van der Waals surface area contributed by atoms with Crippen LogP contribution in [0.3, 0.4) is 0 Å². The molecule has 0 aromatic carbocycles. The Kier molecular flexibility index (Phi) is 2.16. The first kappa shape index (κ1) is 10.9. The predicted molar refractivity (Wildman–Crippen MR) is 73.5 cm³/mol. The predicted octanol–water partition coefficient (Wildman–Crippen LogP) is 2.68. The van der Waals surface area contributed by atoms with Crippen molar-refractivity contribution in [1.82, 2.24) is 15.0 Å². The van der Waals surface area contributed by atoms with Crippen LogP contribution in [0.4, 0.5) is 5.95 Å². The van der Waals surface area contributed by atoms with E-state index in [0.29, 0.717) is 5.95 Å². The number of hydrogen-bond acceptors (Lipinski definition) is 4. The lowest BCUT2D eigenvalue weighted by atomic mass is 9.70. The van der Waals surface area contributed by atoms with Gasteiger partial charge in [-0.1, -0.05) is 19.3 Å². The summed E-state index contributed by atoms with van der Waals surface area (Å²) in [6.07, 6.45) is 11.8. The fraction of sp³-hybridized carbons (Fsp3) is 0.400. The Morgan fingerprint density at radius 3 is 2.74 bits per heavy atom. The smallest absolute Gasteiger partial charge is 0.220 e. The number of nitrogens with zero attached hydrogens (tertiary/aromatic N) is 3. The van der Waals surface area contributed by atoms with E-state index in [4.69, 9.17) is 5.73 Å². The number of nitrogens with two attached hydrogens (primary N) is 1. The highest BCUT2D eigenvalue weighted by molar-refractivity contribution is 5.78. The van der Waals surface area contributed by atoms with Crippen molar-refractivity contribution in [3.63, 3.8) is 0 Å². The molecule has 0 atom stereocenters. The Bertz CT molecular complexity index is 644. The van der Waals surface area contributed by atoms with Crippen molar-refractivity contribution in [2.45, 2.75) is 37.5 Å². The summed E-state index contributed by atoms with van der Waals surface area (Å²) in [4.78, 5) is 13.1. The van der Waals surface area contributed by atoms with Crippen molar-refractivity contribution in [1.29, 1.82) is 0 Å². The van der Waals surface area contributed by atoms with E-state index in [1.807, 2.05) is 18.6 Å². The van der Waals surface area contributed by atoms with Crippen molar-refractivity contribution >= 4 is 5.95 Å². The standard InChI is InChI=1S/C15H16N4/c16-14-18-8-11-10-4-7-17-9-12(10)15(13(11)19-14)5-2-1-3-6-15/h4,7-9H,1-3,5-6H2,(H2,16,18,19). The van der Waals surface area contributed by atoms with E-state index < -0.39 is 0 Å². The molecule has 4 nitrogen and oxygen atoms in total. The zero-order valence-electron chi connectivity index (χ0n) is 10.8. The molecule has 2 aromatic rings. The normalized spacial score (nSPS) is 19.2. The minimum Gasteiger partial charge on any atom is -0.368 e. The molecule has 1 saturated carbocycles. The molecule has 2 heterocycles. The van der Waals surface area contributed by atoms with Crippen molar-refractivity contribution < 1.29 is 0 Å². The van der Waals surface area contributed by atoms with Crippen LogP contribution in [-0.2, 0) is 5.41 Å². The summed E-state index contributed by atoms with van der Waals surface area (Å²) in [5.74, 6) is 0.379. The summed E-state index contributed by atoms with van der Waals surface area (Å²) in [7, 11) is 0. The lowest BCUT2D eigenvalue weighted by Crippen LogP contribution is -2.29. The van der Waals surface area contributed by atoms with Crippen molar-refractivity contribution in [3.05, 3.63) is 35.9 Å². The van der Waals surface area contributed by atoms with Gasteiger partial charge in [0.05, 0.1) is 5.69 Å². The molecule has 0 amide bonds. The first-order valence-corrected chi connectivity index (χ1v) is 6.89. The third kappa shape index (κ3) is 1.37. The zero-order valence-corrected chi connectivity index (χ0v) is 10.8. The van der Waals surface area contributed by atoms with Gasteiger partial charge in [0.2, 0.25) is 5.95 Å². The molecule has 0 unspecified atom stereocenters. The molecule has 2 N–H and O–H groups in total. The average Bonchev–Trinajstić information content (AvgIpc) is 2.71. The minimum absolute atomic E-state index is 0.0359. The average molecular weight is 252 g/mol. The maximum absolute atomic E-state index is 5.82. The highest BCUT2D eigenvalue weighted by atomic mass is 15.0. The molecule has 0 radical (unpaired) electrons. The number of fused-ring (bicyclic) bond motifs is 5. The molecule has 4 rings (SSSR count). The second kappa shape index (κ2) is 3.76. The fourth-order valence-electron chi connectivity index (χ4n) is 3.76. The summed E-state index contributed by atoms with van der Waals surface area (Å²) in [6.45, 7) is 0. The maximum Gasteiger partial charge on any atom is 0.220 e. The molecule has 0 aliphatic heterocycles. The van der Waals surface area contributed by atoms with Crippen LogP contribution in [0.5, 0.6) is 0 Å². The Labute approximate surface area is 112 Å². The van der Waals surface area contributed by atoms with Crippen LogP contribution in [0.25, 0.3) is 11.1 Å². The first-order valence-electron chi connectivity index (χ1n) is 6.89. The van der Waals surface area contributed by atoms with Crippen molar-refractivity contribution in [2.75, 3.05) is 5.73 Å². The lowest BCUT2D eigenvalue weighted by Gasteiger charge is -2.34. The molecule has 19 heavy (non-hydrogen) atoms. The largest absolute Gasteiger partial charge is 0.368 e. The molecule has 1 spiro atoms. The molecular formula is C15H16N4. The van der Waals surface area contributed by atoms with Gasteiger partial charge in [0.15, 0.2) is 0 Å². The Balaban J connectivity index is 2.03. The van der Waals surface area contributed by atoms with Gasteiger partial charge < -0.3 is 5.73 Å². The van der Waals surface area contributed by atoms with E-state index in [9.17, 15) is 0 Å². The molecular weight excluding hydrogens is 236 g/mol. The van der Waals surface area contributed by atoms with Crippen molar-refractivity contribution in [2.24, 2.45) is 0 Å². The Morgan fingerprint density at radius 1 is 1.05 bits per heavy atom. The monoisotopic (exact) mass is 252 g/mol.